The molecule has 3 atom stereocenters. The van der Waals surface area contributed by atoms with Gasteiger partial charge in [0.2, 0.25) is 0 Å². The van der Waals surface area contributed by atoms with E-state index in [0.29, 0.717) is 32.1 Å². The molecule has 2 aliphatic heterocycles. The van der Waals surface area contributed by atoms with Gasteiger partial charge in [-0.05, 0) is 64.5 Å². The molecule has 25 heavy (non-hydrogen) atoms. The molecular formula is C19H33N3O3. The van der Waals surface area contributed by atoms with Crippen molar-refractivity contribution < 1.29 is 14.7 Å². The van der Waals surface area contributed by atoms with Crippen LogP contribution in [0.15, 0.2) is 0 Å². The minimum atomic E-state index is -0.721. The molecule has 2 N–H and O–H groups in total. The highest BCUT2D eigenvalue weighted by molar-refractivity contribution is 5.80. The summed E-state index contributed by atoms with van der Waals surface area (Å²) >= 11 is 0. The van der Waals surface area contributed by atoms with Gasteiger partial charge in [-0.25, -0.2) is 4.79 Å². The fourth-order valence-corrected chi connectivity index (χ4v) is 5.03. The largest absolute Gasteiger partial charge is 0.481 e. The lowest BCUT2D eigenvalue weighted by Crippen LogP contribution is -2.42. The number of aliphatic carboxylic acids is 1. The lowest BCUT2D eigenvalue weighted by atomic mass is 9.81. The molecule has 0 spiro atoms. The summed E-state index contributed by atoms with van der Waals surface area (Å²) in [5.74, 6) is -0.586. The molecule has 3 aliphatic rings. The SMILES string of the molecule is CC1CCCCN1CCCCNC(=O)N1C[C@@H]2CCC[C@@]2(C(=O)O)C1. The smallest absolute Gasteiger partial charge is 0.317 e. The fraction of sp³-hybridized carbons (Fsp3) is 0.895. The van der Waals surface area contributed by atoms with Crippen LogP contribution in [0.3, 0.4) is 0 Å². The van der Waals surface area contributed by atoms with E-state index < -0.39 is 11.4 Å². The van der Waals surface area contributed by atoms with Gasteiger partial charge < -0.3 is 20.2 Å². The van der Waals surface area contributed by atoms with Crippen molar-refractivity contribution in [3.05, 3.63) is 0 Å². The van der Waals surface area contributed by atoms with E-state index in [1.165, 1.54) is 25.8 Å². The van der Waals surface area contributed by atoms with Crippen LogP contribution in [-0.2, 0) is 4.79 Å². The Balaban J connectivity index is 1.35. The second kappa shape index (κ2) is 7.94. The first-order chi connectivity index (χ1) is 12.0. The number of carbonyl (C=O) groups excluding carboxylic acids is 1. The zero-order valence-corrected chi connectivity index (χ0v) is 15.5. The van der Waals surface area contributed by atoms with E-state index in [1.807, 2.05) is 0 Å². The van der Waals surface area contributed by atoms with Crippen molar-refractivity contribution in [1.29, 1.82) is 0 Å². The molecule has 142 valence electrons. The highest BCUT2D eigenvalue weighted by Crippen LogP contribution is 2.48. The molecule has 0 radical (unpaired) electrons. The van der Waals surface area contributed by atoms with Gasteiger partial charge >= 0.3 is 12.0 Å². The van der Waals surface area contributed by atoms with E-state index in [-0.39, 0.29) is 11.9 Å². The molecule has 0 aromatic heterocycles. The van der Waals surface area contributed by atoms with Crippen LogP contribution in [0.2, 0.25) is 0 Å². The molecular weight excluding hydrogens is 318 g/mol. The van der Waals surface area contributed by atoms with Crippen molar-refractivity contribution in [2.75, 3.05) is 32.7 Å². The molecule has 2 saturated heterocycles. The van der Waals surface area contributed by atoms with E-state index in [2.05, 4.69) is 17.1 Å². The van der Waals surface area contributed by atoms with Crippen LogP contribution in [0, 0.1) is 11.3 Å². The van der Waals surface area contributed by atoms with Crippen molar-refractivity contribution in [3.63, 3.8) is 0 Å². The number of amides is 2. The number of hydrogen-bond donors (Lipinski definition) is 2. The number of nitrogens with zero attached hydrogens (tertiary/aromatic N) is 2. The normalized spacial score (nSPS) is 32.6. The monoisotopic (exact) mass is 351 g/mol. The number of hydrogen-bond acceptors (Lipinski definition) is 3. The van der Waals surface area contributed by atoms with E-state index in [4.69, 9.17) is 0 Å². The molecule has 6 heteroatoms. The third-order valence-corrected chi connectivity index (χ3v) is 6.67. The Bertz CT molecular complexity index is 498. The maximum absolute atomic E-state index is 12.4. The third-order valence-electron chi connectivity index (χ3n) is 6.67. The van der Waals surface area contributed by atoms with Crippen LogP contribution in [0.5, 0.6) is 0 Å². The fourth-order valence-electron chi connectivity index (χ4n) is 5.03. The summed E-state index contributed by atoms with van der Waals surface area (Å²) in [4.78, 5) is 28.3. The summed E-state index contributed by atoms with van der Waals surface area (Å²) in [5, 5.41) is 12.6. The van der Waals surface area contributed by atoms with Crippen molar-refractivity contribution in [1.82, 2.24) is 15.1 Å². The first-order valence-corrected chi connectivity index (χ1v) is 10.0. The summed E-state index contributed by atoms with van der Waals surface area (Å²) in [7, 11) is 0. The molecule has 0 aromatic carbocycles. The van der Waals surface area contributed by atoms with Gasteiger partial charge in [0.1, 0.15) is 0 Å². The molecule has 1 unspecified atom stereocenters. The Labute approximate surface area is 150 Å². The third kappa shape index (κ3) is 3.94. The van der Waals surface area contributed by atoms with Crippen molar-refractivity contribution in [2.24, 2.45) is 11.3 Å². The maximum atomic E-state index is 12.4. The van der Waals surface area contributed by atoms with E-state index >= 15 is 0 Å². The number of carboxylic acid groups (broad SMARTS) is 1. The quantitative estimate of drug-likeness (QED) is 0.721. The Kier molecular flexibility index (Phi) is 5.87. The first-order valence-electron chi connectivity index (χ1n) is 10.0. The number of urea groups is 1. The van der Waals surface area contributed by atoms with Crippen LogP contribution in [0.25, 0.3) is 0 Å². The predicted octanol–water partition coefficient (Wildman–Crippen LogP) is 2.54. The summed E-state index contributed by atoms with van der Waals surface area (Å²) in [6.45, 7) is 6.30. The second-order valence-electron chi connectivity index (χ2n) is 8.25. The summed E-state index contributed by atoms with van der Waals surface area (Å²) in [6, 6.07) is 0.612. The molecule has 2 heterocycles. The number of carbonyl (C=O) groups is 2. The molecule has 0 bridgehead atoms. The number of nitrogens with one attached hydrogen (secondary N) is 1. The molecule has 2 amide bonds. The van der Waals surface area contributed by atoms with Crippen molar-refractivity contribution >= 4 is 12.0 Å². The Morgan fingerprint density at radius 3 is 2.76 bits per heavy atom. The maximum Gasteiger partial charge on any atom is 0.317 e. The Morgan fingerprint density at radius 1 is 1.20 bits per heavy atom. The molecule has 0 aromatic rings. The van der Waals surface area contributed by atoms with Gasteiger partial charge in [-0.1, -0.05) is 12.8 Å². The molecule has 3 rings (SSSR count). The zero-order chi connectivity index (χ0) is 17.9. The first kappa shape index (κ1) is 18.5. The van der Waals surface area contributed by atoms with Crippen LogP contribution in [0.4, 0.5) is 4.79 Å². The lowest BCUT2D eigenvalue weighted by molar-refractivity contribution is -0.149. The van der Waals surface area contributed by atoms with Crippen LogP contribution in [0.1, 0.15) is 58.3 Å². The highest BCUT2D eigenvalue weighted by Gasteiger charge is 2.55. The minimum absolute atomic E-state index is 0.0821. The van der Waals surface area contributed by atoms with Gasteiger partial charge in [-0.15, -0.1) is 0 Å². The molecule has 3 fully saturated rings. The van der Waals surface area contributed by atoms with Crippen molar-refractivity contribution in [3.8, 4) is 0 Å². The number of piperidine rings is 1. The lowest BCUT2D eigenvalue weighted by Gasteiger charge is -2.33. The minimum Gasteiger partial charge on any atom is -0.481 e. The van der Waals surface area contributed by atoms with Gasteiger partial charge in [-0.2, -0.15) is 0 Å². The van der Waals surface area contributed by atoms with Gasteiger partial charge in [0.15, 0.2) is 0 Å². The van der Waals surface area contributed by atoms with Gasteiger partial charge in [-0.3, -0.25) is 4.79 Å². The van der Waals surface area contributed by atoms with Crippen LogP contribution >= 0.6 is 0 Å². The highest BCUT2D eigenvalue weighted by atomic mass is 16.4. The summed E-state index contributed by atoms with van der Waals surface area (Å²) in [5.41, 5.74) is -0.679. The van der Waals surface area contributed by atoms with E-state index in [1.54, 1.807) is 4.90 Å². The predicted molar refractivity (Wildman–Crippen MR) is 96.5 cm³/mol. The van der Waals surface area contributed by atoms with E-state index in [0.717, 1.165) is 32.2 Å². The number of unbranched alkanes of at least 4 members (excludes halogenated alkanes) is 1. The molecule has 1 saturated carbocycles. The number of fused-ring (bicyclic) bond motifs is 1. The van der Waals surface area contributed by atoms with Crippen LogP contribution < -0.4 is 5.32 Å². The van der Waals surface area contributed by atoms with E-state index in [9.17, 15) is 14.7 Å². The van der Waals surface area contributed by atoms with Crippen molar-refractivity contribution in [2.45, 2.75) is 64.3 Å². The Hall–Kier alpha value is -1.30. The molecule has 6 nitrogen and oxygen atoms in total. The average molecular weight is 351 g/mol. The number of carboxylic acids is 1. The Morgan fingerprint density at radius 2 is 2.04 bits per heavy atom. The molecule has 1 aliphatic carbocycles. The van der Waals surface area contributed by atoms with Gasteiger partial charge in [0.25, 0.3) is 0 Å². The standard InChI is InChI=1S/C19H33N3O3/c1-15-7-2-4-11-21(15)12-5-3-10-20-18(25)22-13-16-8-6-9-19(16,14-22)17(23)24/h15-16H,2-14H2,1H3,(H,20,25)(H,23,24)/t15?,16-,19+/m0/s1. The number of rotatable bonds is 6. The average Bonchev–Trinajstić information content (AvgIpc) is 3.14. The van der Waals surface area contributed by atoms with Crippen LogP contribution in [-0.4, -0.2) is 65.7 Å². The van der Waals surface area contributed by atoms with Gasteiger partial charge in [0, 0.05) is 25.7 Å². The number of likely N-dealkylation sites (tertiary alicyclic amines) is 2. The summed E-state index contributed by atoms with van der Waals surface area (Å²) < 4.78 is 0. The second-order valence-corrected chi connectivity index (χ2v) is 8.25. The summed E-state index contributed by atoms with van der Waals surface area (Å²) in [6.07, 6.45) is 8.67. The van der Waals surface area contributed by atoms with Gasteiger partial charge in [0.05, 0.1) is 5.41 Å². The topological polar surface area (TPSA) is 72.9 Å². The zero-order valence-electron chi connectivity index (χ0n) is 15.5.